The topological polar surface area (TPSA) is 114 Å². The average Bonchev–Trinajstić information content (AvgIpc) is 3.11. The number of alkyl carbamates (subject to hydrolysis) is 1. The van der Waals surface area contributed by atoms with Gasteiger partial charge in [-0.25, -0.2) is 9.59 Å². The summed E-state index contributed by atoms with van der Waals surface area (Å²) in [7, 11) is 1.36. The van der Waals surface area contributed by atoms with E-state index in [9.17, 15) is 19.5 Å². The number of carboxylic acids is 1. The summed E-state index contributed by atoms with van der Waals surface area (Å²) in [5.41, 5.74) is 2.95. The molecule has 0 heterocycles. The third kappa shape index (κ3) is 5.56. The van der Waals surface area contributed by atoms with Crippen molar-refractivity contribution in [3.05, 3.63) is 59.7 Å². The van der Waals surface area contributed by atoms with Crippen LogP contribution in [0.5, 0.6) is 0 Å². The maximum atomic E-state index is 12.6. The summed E-state index contributed by atoms with van der Waals surface area (Å²) in [6.07, 6.45) is -0.708. The van der Waals surface area contributed by atoms with E-state index in [1.165, 1.54) is 14.0 Å². The molecule has 3 rings (SSSR count). The van der Waals surface area contributed by atoms with Crippen LogP contribution < -0.4 is 10.6 Å². The fourth-order valence-electron chi connectivity index (χ4n) is 4.24. The van der Waals surface area contributed by atoms with Gasteiger partial charge >= 0.3 is 12.1 Å². The molecule has 0 aromatic heterocycles. The fraction of sp³-hybridized carbons (Fsp3) is 0.423. The molecular formula is C26H32N2O6. The lowest BCUT2D eigenvalue weighted by Gasteiger charge is -2.27. The number of nitrogens with one attached hydrogen (secondary N) is 2. The molecule has 2 aromatic carbocycles. The number of carbonyl (C=O) groups is 3. The van der Waals surface area contributed by atoms with Gasteiger partial charge in [0, 0.05) is 25.5 Å². The van der Waals surface area contributed by atoms with Crippen LogP contribution in [0.25, 0.3) is 11.1 Å². The van der Waals surface area contributed by atoms with E-state index in [0.29, 0.717) is 0 Å². The molecule has 0 saturated carbocycles. The maximum absolute atomic E-state index is 12.6. The van der Waals surface area contributed by atoms with Gasteiger partial charge in [0.25, 0.3) is 0 Å². The number of hydrogen-bond donors (Lipinski definition) is 3. The molecule has 0 aliphatic heterocycles. The molecule has 0 radical (unpaired) electrons. The van der Waals surface area contributed by atoms with Crippen molar-refractivity contribution < 1.29 is 29.0 Å². The van der Waals surface area contributed by atoms with E-state index in [-0.39, 0.29) is 31.5 Å². The fourth-order valence-corrected chi connectivity index (χ4v) is 4.24. The Morgan fingerprint density at radius 2 is 1.59 bits per heavy atom. The van der Waals surface area contributed by atoms with Gasteiger partial charge in [-0.3, -0.25) is 4.79 Å². The lowest BCUT2D eigenvalue weighted by atomic mass is 9.98. The van der Waals surface area contributed by atoms with Crippen LogP contribution in [0.2, 0.25) is 0 Å². The van der Waals surface area contributed by atoms with Gasteiger partial charge in [0.15, 0.2) is 5.54 Å². The van der Waals surface area contributed by atoms with Crippen LogP contribution in [-0.2, 0) is 19.1 Å². The van der Waals surface area contributed by atoms with Crippen LogP contribution in [0, 0.1) is 5.92 Å². The van der Waals surface area contributed by atoms with Crippen molar-refractivity contribution in [1.82, 2.24) is 10.6 Å². The van der Waals surface area contributed by atoms with Gasteiger partial charge in [-0.05, 0) is 35.1 Å². The van der Waals surface area contributed by atoms with Crippen molar-refractivity contribution in [3.63, 3.8) is 0 Å². The number of benzene rings is 2. The summed E-state index contributed by atoms with van der Waals surface area (Å²) in [6, 6.07) is 15.6. The quantitative estimate of drug-likeness (QED) is 0.491. The molecule has 34 heavy (non-hydrogen) atoms. The van der Waals surface area contributed by atoms with Crippen LogP contribution in [0.4, 0.5) is 4.79 Å². The van der Waals surface area contributed by atoms with Crippen molar-refractivity contribution in [2.45, 2.75) is 44.7 Å². The number of ether oxygens (including phenoxy) is 2. The molecule has 0 spiro atoms. The van der Waals surface area contributed by atoms with E-state index >= 15 is 0 Å². The number of amides is 2. The van der Waals surface area contributed by atoms with Crippen LogP contribution in [0.3, 0.4) is 0 Å². The van der Waals surface area contributed by atoms with Crippen LogP contribution >= 0.6 is 0 Å². The number of fused-ring (bicyclic) bond motifs is 3. The summed E-state index contributed by atoms with van der Waals surface area (Å²) in [6.45, 7) is 5.10. The summed E-state index contributed by atoms with van der Waals surface area (Å²) >= 11 is 0. The second kappa shape index (κ2) is 10.7. The van der Waals surface area contributed by atoms with E-state index < -0.39 is 29.6 Å². The van der Waals surface area contributed by atoms with Gasteiger partial charge < -0.3 is 25.2 Å². The Kier molecular flexibility index (Phi) is 7.94. The zero-order valence-corrected chi connectivity index (χ0v) is 20.0. The van der Waals surface area contributed by atoms with E-state index in [0.717, 1.165) is 22.3 Å². The SMILES string of the molecule is COCC(C)(NC(=O)CC(NC(=O)OCC1c2ccccc2-c2ccccc21)C(C)C)C(=O)O. The predicted octanol–water partition coefficient (Wildman–Crippen LogP) is 3.55. The zero-order chi connectivity index (χ0) is 24.9. The second-order valence-electron chi connectivity index (χ2n) is 9.14. The number of hydrogen-bond acceptors (Lipinski definition) is 5. The molecule has 2 amide bonds. The number of methoxy groups -OCH3 is 1. The number of carbonyl (C=O) groups excluding carboxylic acids is 2. The summed E-state index contributed by atoms with van der Waals surface area (Å²) in [4.78, 5) is 36.7. The molecule has 1 aliphatic carbocycles. The molecule has 8 heteroatoms. The Labute approximate surface area is 199 Å². The summed E-state index contributed by atoms with van der Waals surface area (Å²) < 4.78 is 10.5. The standard InChI is InChI=1S/C26H32N2O6/c1-16(2)22(13-23(29)28-26(3,15-33-4)24(30)31)27-25(32)34-14-21-19-11-7-5-9-17(19)18-10-6-8-12-20(18)21/h5-12,16,21-22H,13-15H2,1-4H3,(H,27,32)(H,28,29)(H,30,31). The maximum Gasteiger partial charge on any atom is 0.407 e. The van der Waals surface area contributed by atoms with E-state index in [1.807, 2.05) is 50.2 Å². The second-order valence-corrected chi connectivity index (χ2v) is 9.14. The number of rotatable bonds is 10. The minimum atomic E-state index is -1.56. The third-order valence-corrected chi connectivity index (χ3v) is 6.18. The van der Waals surface area contributed by atoms with Crippen LogP contribution in [-0.4, -0.2) is 55.0 Å². The van der Waals surface area contributed by atoms with Crippen molar-refractivity contribution in [2.75, 3.05) is 20.3 Å². The first-order valence-corrected chi connectivity index (χ1v) is 11.3. The Morgan fingerprint density at radius 1 is 1.03 bits per heavy atom. The van der Waals surface area contributed by atoms with Gasteiger partial charge in [0.2, 0.25) is 5.91 Å². The van der Waals surface area contributed by atoms with Crippen molar-refractivity contribution in [3.8, 4) is 11.1 Å². The first-order valence-electron chi connectivity index (χ1n) is 11.3. The van der Waals surface area contributed by atoms with Gasteiger partial charge in [-0.1, -0.05) is 62.4 Å². The van der Waals surface area contributed by atoms with Crippen molar-refractivity contribution >= 4 is 18.0 Å². The van der Waals surface area contributed by atoms with E-state index in [2.05, 4.69) is 22.8 Å². The molecule has 2 aromatic rings. The lowest BCUT2D eigenvalue weighted by molar-refractivity contribution is -0.149. The van der Waals surface area contributed by atoms with Crippen molar-refractivity contribution in [1.29, 1.82) is 0 Å². The number of carboxylic acid groups (broad SMARTS) is 1. The molecule has 0 fully saturated rings. The van der Waals surface area contributed by atoms with Crippen LogP contribution in [0.1, 0.15) is 44.2 Å². The Morgan fingerprint density at radius 3 is 2.09 bits per heavy atom. The zero-order valence-electron chi connectivity index (χ0n) is 20.0. The monoisotopic (exact) mass is 468 g/mol. The van der Waals surface area contributed by atoms with E-state index in [1.54, 1.807) is 0 Å². The highest BCUT2D eigenvalue weighted by molar-refractivity contribution is 5.87. The molecule has 8 nitrogen and oxygen atoms in total. The summed E-state index contributed by atoms with van der Waals surface area (Å²) in [5.74, 6) is -1.85. The number of aliphatic carboxylic acids is 1. The van der Waals surface area contributed by atoms with Gasteiger partial charge in [0.1, 0.15) is 6.61 Å². The Balaban J connectivity index is 1.62. The highest BCUT2D eigenvalue weighted by Gasteiger charge is 2.36. The van der Waals surface area contributed by atoms with Crippen LogP contribution in [0.15, 0.2) is 48.5 Å². The molecule has 2 unspecified atom stereocenters. The molecular weight excluding hydrogens is 436 g/mol. The molecule has 1 aliphatic rings. The molecule has 0 bridgehead atoms. The highest BCUT2D eigenvalue weighted by Crippen LogP contribution is 2.44. The lowest BCUT2D eigenvalue weighted by Crippen LogP contribution is -2.56. The van der Waals surface area contributed by atoms with Gasteiger partial charge in [0.05, 0.1) is 6.61 Å². The molecule has 2 atom stereocenters. The first kappa shape index (κ1) is 25.2. The molecule has 3 N–H and O–H groups in total. The van der Waals surface area contributed by atoms with E-state index in [4.69, 9.17) is 9.47 Å². The normalized spacial score (nSPS) is 15.1. The minimum Gasteiger partial charge on any atom is -0.479 e. The van der Waals surface area contributed by atoms with Crippen molar-refractivity contribution in [2.24, 2.45) is 5.92 Å². The van der Waals surface area contributed by atoms with Gasteiger partial charge in [-0.15, -0.1) is 0 Å². The predicted molar refractivity (Wildman–Crippen MR) is 128 cm³/mol. The van der Waals surface area contributed by atoms with Gasteiger partial charge in [-0.2, -0.15) is 0 Å². The average molecular weight is 469 g/mol. The Hall–Kier alpha value is -3.39. The summed E-state index contributed by atoms with van der Waals surface area (Å²) in [5, 5.41) is 14.7. The molecule has 182 valence electrons. The molecule has 0 saturated heterocycles. The highest BCUT2D eigenvalue weighted by atomic mass is 16.5. The largest absolute Gasteiger partial charge is 0.479 e. The Bertz CT molecular complexity index is 1010. The first-order chi connectivity index (χ1) is 16.2. The smallest absolute Gasteiger partial charge is 0.407 e. The minimum absolute atomic E-state index is 0.0655. The third-order valence-electron chi connectivity index (χ3n) is 6.18.